The molecule has 0 radical (unpaired) electrons. The Morgan fingerprint density at radius 2 is 1.62 bits per heavy atom. The van der Waals surface area contributed by atoms with E-state index < -0.39 is 5.91 Å². The molecule has 0 saturated carbocycles. The molecule has 0 bridgehead atoms. The highest BCUT2D eigenvalue weighted by Gasteiger charge is 2.17. The van der Waals surface area contributed by atoms with Crippen LogP contribution in [0.15, 0.2) is 72.3 Å². The SMILES string of the molecule is COc1cc(NC(=O)/C(C#N)=C/c2cc(Cl)c(OCc3cccc4ccccc34)c(OC)c2)c(OC)cc1Cl. The first-order valence-corrected chi connectivity index (χ1v) is 12.5. The van der Waals surface area contributed by atoms with Crippen LogP contribution in [0.5, 0.6) is 23.0 Å². The van der Waals surface area contributed by atoms with Gasteiger partial charge in [0, 0.05) is 12.1 Å². The van der Waals surface area contributed by atoms with Crippen molar-refractivity contribution in [2.45, 2.75) is 6.61 Å². The molecule has 0 saturated heterocycles. The van der Waals surface area contributed by atoms with E-state index in [-0.39, 0.29) is 22.9 Å². The minimum Gasteiger partial charge on any atom is -0.495 e. The number of benzene rings is 4. The maximum absolute atomic E-state index is 13.0. The Bertz CT molecular complexity index is 1610. The molecule has 4 aromatic carbocycles. The lowest BCUT2D eigenvalue weighted by molar-refractivity contribution is -0.112. The smallest absolute Gasteiger partial charge is 0.266 e. The van der Waals surface area contributed by atoms with Gasteiger partial charge in [0.1, 0.15) is 29.7 Å². The number of nitrogens with zero attached hydrogens (tertiary/aromatic N) is 1. The Morgan fingerprint density at radius 3 is 2.33 bits per heavy atom. The Hall–Kier alpha value is -4.38. The second kappa shape index (κ2) is 12.4. The minimum atomic E-state index is -0.661. The van der Waals surface area contributed by atoms with Crippen LogP contribution in [0.3, 0.4) is 0 Å². The molecule has 1 N–H and O–H groups in total. The average Bonchev–Trinajstić information content (AvgIpc) is 2.95. The number of hydrogen-bond donors (Lipinski definition) is 1. The summed E-state index contributed by atoms with van der Waals surface area (Å²) in [7, 11) is 4.38. The first-order chi connectivity index (χ1) is 18.9. The van der Waals surface area contributed by atoms with E-state index in [1.54, 1.807) is 12.1 Å². The molecule has 0 heterocycles. The monoisotopic (exact) mass is 562 g/mol. The fourth-order valence-corrected chi connectivity index (χ4v) is 4.50. The van der Waals surface area contributed by atoms with Gasteiger partial charge < -0.3 is 24.3 Å². The highest BCUT2D eigenvalue weighted by molar-refractivity contribution is 6.33. The van der Waals surface area contributed by atoms with E-state index >= 15 is 0 Å². The molecule has 0 aromatic heterocycles. The van der Waals surface area contributed by atoms with Crippen molar-refractivity contribution in [2.75, 3.05) is 26.6 Å². The number of carbonyl (C=O) groups is 1. The van der Waals surface area contributed by atoms with Crippen molar-refractivity contribution in [3.63, 3.8) is 0 Å². The van der Waals surface area contributed by atoms with Gasteiger partial charge in [-0.25, -0.2) is 0 Å². The second-order valence-electron chi connectivity index (χ2n) is 8.27. The van der Waals surface area contributed by atoms with Gasteiger partial charge in [0.15, 0.2) is 11.5 Å². The first-order valence-electron chi connectivity index (χ1n) is 11.7. The zero-order valence-electron chi connectivity index (χ0n) is 21.4. The molecule has 0 atom stereocenters. The Labute approximate surface area is 236 Å². The molecular formula is C30H24Cl2N2O5. The van der Waals surface area contributed by atoms with Crippen LogP contribution >= 0.6 is 23.2 Å². The third kappa shape index (κ3) is 6.20. The molecule has 198 valence electrons. The van der Waals surface area contributed by atoms with Gasteiger partial charge >= 0.3 is 0 Å². The largest absolute Gasteiger partial charge is 0.495 e. The molecule has 1 amide bonds. The Balaban J connectivity index is 1.58. The number of methoxy groups -OCH3 is 3. The number of ether oxygens (including phenoxy) is 4. The Morgan fingerprint density at radius 1 is 0.897 bits per heavy atom. The van der Waals surface area contributed by atoms with Gasteiger partial charge in [-0.05, 0) is 40.1 Å². The summed E-state index contributed by atoms with van der Waals surface area (Å²) in [6, 6.07) is 22.2. The number of hydrogen-bond acceptors (Lipinski definition) is 6. The van der Waals surface area contributed by atoms with Crippen LogP contribution in [0.2, 0.25) is 10.0 Å². The van der Waals surface area contributed by atoms with Crippen molar-refractivity contribution in [3.8, 4) is 29.1 Å². The summed E-state index contributed by atoms with van der Waals surface area (Å²) in [4.78, 5) is 13.0. The predicted molar refractivity (Wildman–Crippen MR) is 153 cm³/mol. The highest BCUT2D eigenvalue weighted by Crippen LogP contribution is 2.39. The van der Waals surface area contributed by atoms with E-state index in [0.717, 1.165) is 16.3 Å². The summed E-state index contributed by atoms with van der Waals surface area (Å²) in [6.45, 7) is 0.269. The van der Waals surface area contributed by atoms with Crippen molar-refractivity contribution in [2.24, 2.45) is 0 Å². The van der Waals surface area contributed by atoms with Gasteiger partial charge in [-0.1, -0.05) is 65.7 Å². The lowest BCUT2D eigenvalue weighted by Gasteiger charge is -2.15. The van der Waals surface area contributed by atoms with Gasteiger partial charge in [-0.2, -0.15) is 5.26 Å². The standard InChI is InChI=1S/C30H24Cl2N2O5/c1-36-26-15-25(27(37-2)14-23(26)31)34-30(35)21(16-33)11-18-12-24(32)29(28(13-18)38-3)39-17-20-9-6-8-19-7-4-5-10-22(19)20/h4-15H,17H2,1-3H3,(H,34,35)/b21-11+. The lowest BCUT2D eigenvalue weighted by atomic mass is 10.1. The van der Waals surface area contributed by atoms with E-state index in [1.807, 2.05) is 48.5 Å². The van der Waals surface area contributed by atoms with Crippen LogP contribution in [0.25, 0.3) is 16.8 Å². The minimum absolute atomic E-state index is 0.173. The van der Waals surface area contributed by atoms with Crippen LogP contribution in [0.1, 0.15) is 11.1 Å². The summed E-state index contributed by atoms with van der Waals surface area (Å²) in [5.41, 5.74) is 1.58. The molecule has 0 unspecified atom stereocenters. The molecular weight excluding hydrogens is 539 g/mol. The molecule has 0 aliphatic heterocycles. The number of anilines is 1. The molecule has 7 nitrogen and oxygen atoms in total. The Kier molecular flexibility index (Phi) is 8.82. The number of carbonyl (C=O) groups excluding carboxylic acids is 1. The number of amides is 1. The summed E-state index contributed by atoms with van der Waals surface area (Å²) >= 11 is 12.7. The van der Waals surface area contributed by atoms with E-state index in [4.69, 9.17) is 42.1 Å². The normalized spacial score (nSPS) is 11.0. The van der Waals surface area contributed by atoms with Crippen LogP contribution < -0.4 is 24.3 Å². The number of halogens is 2. The summed E-state index contributed by atoms with van der Waals surface area (Å²) in [5, 5.41) is 15.1. The lowest BCUT2D eigenvalue weighted by Crippen LogP contribution is -2.14. The van der Waals surface area contributed by atoms with Gasteiger partial charge in [0.05, 0.1) is 37.1 Å². The van der Waals surface area contributed by atoms with Gasteiger partial charge in [0.25, 0.3) is 5.91 Å². The fraction of sp³-hybridized carbons (Fsp3) is 0.133. The van der Waals surface area contributed by atoms with Crippen LogP contribution in [0.4, 0.5) is 5.69 Å². The van der Waals surface area contributed by atoms with Crippen LogP contribution in [-0.4, -0.2) is 27.2 Å². The van der Waals surface area contributed by atoms with Crippen LogP contribution in [-0.2, 0) is 11.4 Å². The highest BCUT2D eigenvalue weighted by atomic mass is 35.5. The van der Waals surface area contributed by atoms with E-state index in [1.165, 1.54) is 39.5 Å². The van der Waals surface area contributed by atoms with Crippen molar-refractivity contribution in [1.82, 2.24) is 0 Å². The number of nitriles is 1. The van der Waals surface area contributed by atoms with Crippen LogP contribution in [0, 0.1) is 11.3 Å². The van der Waals surface area contributed by atoms with E-state index in [9.17, 15) is 10.1 Å². The van der Waals surface area contributed by atoms with Crippen molar-refractivity contribution in [1.29, 1.82) is 5.26 Å². The number of rotatable bonds is 9. The van der Waals surface area contributed by atoms with Crippen molar-refractivity contribution < 1.29 is 23.7 Å². The third-order valence-electron chi connectivity index (χ3n) is 5.90. The topological polar surface area (TPSA) is 89.8 Å². The zero-order chi connectivity index (χ0) is 27.9. The summed E-state index contributed by atoms with van der Waals surface area (Å²) < 4.78 is 22.1. The van der Waals surface area contributed by atoms with Gasteiger partial charge in [-0.15, -0.1) is 0 Å². The molecule has 0 spiro atoms. The summed E-state index contributed by atoms with van der Waals surface area (Å²) in [6.07, 6.45) is 1.40. The van der Waals surface area contributed by atoms with Crippen molar-refractivity contribution in [3.05, 3.63) is 93.5 Å². The first kappa shape index (κ1) is 27.6. The average molecular weight is 563 g/mol. The quantitative estimate of drug-likeness (QED) is 0.170. The maximum atomic E-state index is 13.0. The zero-order valence-corrected chi connectivity index (χ0v) is 22.9. The fourth-order valence-electron chi connectivity index (χ4n) is 3.99. The second-order valence-corrected chi connectivity index (χ2v) is 9.09. The molecule has 9 heteroatoms. The van der Waals surface area contributed by atoms with Gasteiger partial charge in [0.2, 0.25) is 0 Å². The predicted octanol–water partition coefficient (Wildman–Crippen LogP) is 7.30. The molecule has 0 aliphatic carbocycles. The van der Waals surface area contributed by atoms with E-state index in [0.29, 0.717) is 33.6 Å². The molecule has 4 aromatic rings. The molecule has 0 aliphatic rings. The molecule has 0 fully saturated rings. The maximum Gasteiger partial charge on any atom is 0.266 e. The number of nitrogens with one attached hydrogen (secondary N) is 1. The molecule has 4 rings (SSSR count). The molecule has 39 heavy (non-hydrogen) atoms. The van der Waals surface area contributed by atoms with E-state index in [2.05, 4.69) is 5.32 Å². The third-order valence-corrected chi connectivity index (χ3v) is 6.48. The number of fused-ring (bicyclic) bond motifs is 1. The van der Waals surface area contributed by atoms with Gasteiger partial charge in [-0.3, -0.25) is 4.79 Å². The van der Waals surface area contributed by atoms with Crippen molar-refractivity contribution >= 4 is 51.6 Å². The summed E-state index contributed by atoms with van der Waals surface area (Å²) in [5.74, 6) is 0.697.